The molecule has 0 bridgehead atoms. The lowest BCUT2D eigenvalue weighted by Gasteiger charge is -2.26. The number of H-pyrrole nitrogens is 1. The standard InChI is InChI=1S/C14H17N3O2S/c1-10-3-4-13(7-11(10)2)20(18,19)17-6-5-12-8-15-16-14(12)9-17/h3-4,7-8H,5-6,9H2,1-2H3,(H,15,16). The molecular weight excluding hydrogens is 274 g/mol. The zero-order valence-electron chi connectivity index (χ0n) is 11.5. The first-order chi connectivity index (χ1) is 9.48. The number of nitrogens with one attached hydrogen (secondary N) is 1. The third-order valence-electron chi connectivity index (χ3n) is 3.89. The maximum atomic E-state index is 12.7. The van der Waals surface area contributed by atoms with Crippen molar-refractivity contribution in [2.24, 2.45) is 0 Å². The number of aromatic nitrogens is 2. The van der Waals surface area contributed by atoms with Gasteiger partial charge in [0.25, 0.3) is 0 Å². The van der Waals surface area contributed by atoms with E-state index in [0.29, 0.717) is 24.4 Å². The highest BCUT2D eigenvalue weighted by atomic mass is 32.2. The summed E-state index contributed by atoms with van der Waals surface area (Å²) < 4.78 is 26.9. The Morgan fingerprint density at radius 3 is 2.80 bits per heavy atom. The van der Waals surface area contributed by atoms with Crippen molar-refractivity contribution in [3.05, 3.63) is 46.8 Å². The van der Waals surface area contributed by atoms with E-state index in [4.69, 9.17) is 0 Å². The lowest BCUT2D eigenvalue weighted by atomic mass is 10.1. The highest BCUT2D eigenvalue weighted by molar-refractivity contribution is 7.89. The van der Waals surface area contributed by atoms with Gasteiger partial charge in [0.05, 0.1) is 23.3 Å². The third-order valence-corrected chi connectivity index (χ3v) is 5.73. The molecule has 1 aromatic heterocycles. The Labute approximate surface area is 118 Å². The number of sulfonamides is 1. The van der Waals surface area contributed by atoms with Gasteiger partial charge >= 0.3 is 0 Å². The van der Waals surface area contributed by atoms with E-state index in [-0.39, 0.29) is 0 Å². The van der Waals surface area contributed by atoms with Crippen molar-refractivity contribution in [3.63, 3.8) is 0 Å². The largest absolute Gasteiger partial charge is 0.281 e. The highest BCUT2D eigenvalue weighted by Crippen LogP contribution is 2.24. The van der Waals surface area contributed by atoms with Crippen molar-refractivity contribution in [2.45, 2.75) is 31.7 Å². The first-order valence-electron chi connectivity index (χ1n) is 6.57. The number of hydrogen-bond acceptors (Lipinski definition) is 3. The molecule has 2 heterocycles. The van der Waals surface area contributed by atoms with Gasteiger partial charge in [0, 0.05) is 6.54 Å². The number of rotatable bonds is 2. The van der Waals surface area contributed by atoms with Crippen LogP contribution in [0.15, 0.2) is 29.3 Å². The minimum atomic E-state index is -3.44. The van der Waals surface area contributed by atoms with Crippen LogP contribution >= 0.6 is 0 Å². The van der Waals surface area contributed by atoms with E-state index >= 15 is 0 Å². The van der Waals surface area contributed by atoms with Gasteiger partial charge in [-0.15, -0.1) is 0 Å². The Bertz CT molecular complexity index is 750. The molecule has 5 nitrogen and oxygen atoms in total. The zero-order chi connectivity index (χ0) is 14.3. The Morgan fingerprint density at radius 1 is 1.25 bits per heavy atom. The van der Waals surface area contributed by atoms with Gasteiger partial charge < -0.3 is 0 Å². The monoisotopic (exact) mass is 291 g/mol. The number of fused-ring (bicyclic) bond motifs is 1. The lowest BCUT2D eigenvalue weighted by molar-refractivity contribution is 0.387. The van der Waals surface area contributed by atoms with E-state index in [1.807, 2.05) is 19.9 Å². The number of hydrogen-bond donors (Lipinski definition) is 1. The maximum Gasteiger partial charge on any atom is 0.243 e. The molecule has 0 saturated carbocycles. The SMILES string of the molecule is Cc1ccc(S(=O)(=O)N2CCc3cn[nH]c3C2)cc1C. The summed E-state index contributed by atoms with van der Waals surface area (Å²) in [6.07, 6.45) is 2.48. The van der Waals surface area contributed by atoms with Gasteiger partial charge in [0.15, 0.2) is 0 Å². The van der Waals surface area contributed by atoms with Crippen molar-refractivity contribution in [1.82, 2.24) is 14.5 Å². The minimum Gasteiger partial charge on any atom is -0.281 e. The molecule has 0 spiro atoms. The fourth-order valence-electron chi connectivity index (χ4n) is 2.42. The first-order valence-corrected chi connectivity index (χ1v) is 8.01. The van der Waals surface area contributed by atoms with Crippen LogP contribution in [-0.4, -0.2) is 29.5 Å². The van der Waals surface area contributed by atoms with E-state index in [9.17, 15) is 8.42 Å². The highest BCUT2D eigenvalue weighted by Gasteiger charge is 2.29. The second-order valence-electron chi connectivity index (χ2n) is 5.21. The fraction of sp³-hybridized carbons (Fsp3) is 0.357. The van der Waals surface area contributed by atoms with Crippen LogP contribution in [0.2, 0.25) is 0 Å². The molecular formula is C14H17N3O2S. The van der Waals surface area contributed by atoms with Gasteiger partial charge in [-0.05, 0) is 49.1 Å². The third kappa shape index (κ3) is 2.14. The Kier molecular flexibility index (Phi) is 3.14. The van der Waals surface area contributed by atoms with E-state index in [1.165, 1.54) is 4.31 Å². The topological polar surface area (TPSA) is 66.1 Å². The van der Waals surface area contributed by atoms with Crippen LogP contribution in [0.1, 0.15) is 22.4 Å². The van der Waals surface area contributed by atoms with Gasteiger partial charge in [0.1, 0.15) is 0 Å². The summed E-state index contributed by atoms with van der Waals surface area (Å²) in [6, 6.07) is 5.28. The van der Waals surface area contributed by atoms with Crippen LogP contribution in [0.25, 0.3) is 0 Å². The van der Waals surface area contributed by atoms with Crippen LogP contribution < -0.4 is 0 Å². The second kappa shape index (κ2) is 4.71. The van der Waals surface area contributed by atoms with Crippen molar-refractivity contribution >= 4 is 10.0 Å². The molecule has 0 aliphatic carbocycles. The quantitative estimate of drug-likeness (QED) is 0.917. The molecule has 20 heavy (non-hydrogen) atoms. The molecule has 1 N–H and O–H groups in total. The molecule has 1 aliphatic rings. The van der Waals surface area contributed by atoms with E-state index in [1.54, 1.807) is 18.3 Å². The summed E-state index contributed by atoms with van der Waals surface area (Å²) in [6.45, 7) is 4.77. The molecule has 0 fully saturated rings. The lowest BCUT2D eigenvalue weighted by Crippen LogP contribution is -2.35. The van der Waals surface area contributed by atoms with Crippen molar-refractivity contribution in [2.75, 3.05) is 6.54 Å². The molecule has 1 aliphatic heterocycles. The normalized spacial score (nSPS) is 16.1. The zero-order valence-corrected chi connectivity index (χ0v) is 12.4. The molecule has 1 aromatic carbocycles. The molecule has 0 saturated heterocycles. The van der Waals surface area contributed by atoms with E-state index < -0.39 is 10.0 Å². The van der Waals surface area contributed by atoms with Gasteiger partial charge in [-0.25, -0.2) is 8.42 Å². The molecule has 2 aromatic rings. The molecule has 6 heteroatoms. The summed E-state index contributed by atoms with van der Waals surface area (Å²) in [4.78, 5) is 0.364. The van der Waals surface area contributed by atoms with Gasteiger partial charge in [0.2, 0.25) is 10.0 Å². The van der Waals surface area contributed by atoms with E-state index in [0.717, 1.165) is 22.4 Å². The number of nitrogens with zero attached hydrogens (tertiary/aromatic N) is 2. The van der Waals surface area contributed by atoms with Gasteiger partial charge in [-0.3, -0.25) is 5.10 Å². The Balaban J connectivity index is 1.95. The average molecular weight is 291 g/mol. The Morgan fingerprint density at radius 2 is 2.05 bits per heavy atom. The number of benzene rings is 1. The molecule has 0 amide bonds. The van der Waals surface area contributed by atoms with Crippen LogP contribution in [0.5, 0.6) is 0 Å². The molecule has 0 unspecified atom stereocenters. The van der Waals surface area contributed by atoms with Crippen molar-refractivity contribution in [3.8, 4) is 0 Å². The second-order valence-corrected chi connectivity index (χ2v) is 7.15. The van der Waals surface area contributed by atoms with Crippen molar-refractivity contribution < 1.29 is 8.42 Å². The summed E-state index contributed by atoms with van der Waals surface area (Å²) in [5, 5.41) is 6.85. The minimum absolute atomic E-state index is 0.364. The van der Waals surface area contributed by atoms with Crippen LogP contribution in [0.3, 0.4) is 0 Å². The smallest absolute Gasteiger partial charge is 0.243 e. The van der Waals surface area contributed by atoms with Crippen molar-refractivity contribution in [1.29, 1.82) is 0 Å². The molecule has 106 valence electrons. The van der Waals surface area contributed by atoms with E-state index in [2.05, 4.69) is 10.2 Å². The molecule has 0 atom stereocenters. The van der Waals surface area contributed by atoms with Gasteiger partial charge in [-0.2, -0.15) is 9.40 Å². The number of aromatic amines is 1. The summed E-state index contributed by atoms with van der Waals surface area (Å²) in [5.74, 6) is 0. The fourth-order valence-corrected chi connectivity index (χ4v) is 3.91. The van der Waals surface area contributed by atoms with Gasteiger partial charge in [-0.1, -0.05) is 6.07 Å². The van der Waals surface area contributed by atoms with Crippen LogP contribution in [0.4, 0.5) is 0 Å². The predicted molar refractivity (Wildman–Crippen MR) is 75.8 cm³/mol. The molecule has 0 radical (unpaired) electrons. The summed E-state index contributed by atoms with van der Waals surface area (Å²) >= 11 is 0. The summed E-state index contributed by atoms with van der Waals surface area (Å²) in [5.41, 5.74) is 4.09. The van der Waals surface area contributed by atoms with Crippen LogP contribution in [0, 0.1) is 13.8 Å². The molecule has 3 rings (SSSR count). The average Bonchev–Trinajstić information content (AvgIpc) is 2.89. The summed E-state index contributed by atoms with van der Waals surface area (Å²) in [7, 11) is -3.44. The first kappa shape index (κ1) is 13.3. The maximum absolute atomic E-state index is 12.7. The predicted octanol–water partition coefficient (Wildman–Crippen LogP) is 1.77. The number of aryl methyl sites for hydroxylation is 2. The van der Waals surface area contributed by atoms with Crippen LogP contribution in [-0.2, 0) is 23.0 Å². The Hall–Kier alpha value is -1.66.